The highest BCUT2D eigenvalue weighted by molar-refractivity contribution is 5.97. The third-order valence-corrected chi connectivity index (χ3v) is 4.56. The predicted octanol–water partition coefficient (Wildman–Crippen LogP) is 2.49. The summed E-state index contributed by atoms with van der Waals surface area (Å²) >= 11 is 0. The monoisotopic (exact) mass is 346 g/mol. The number of Topliss-reactive ketones (excluding diaryl/α,β-unsaturated/α-hetero) is 1. The Morgan fingerprint density at radius 3 is 2.56 bits per heavy atom. The third-order valence-electron chi connectivity index (χ3n) is 4.56. The Bertz CT molecular complexity index is 627. The molecular weight excluding hydrogens is 320 g/mol. The van der Waals surface area contributed by atoms with E-state index in [-0.39, 0.29) is 29.6 Å². The number of ketones is 1. The quantitative estimate of drug-likeness (QED) is 0.633. The highest BCUT2D eigenvalue weighted by atomic mass is 16.5. The number of amides is 1. The zero-order chi connectivity index (χ0) is 18.4. The molecule has 136 valence electrons. The smallest absolute Gasteiger partial charge is 0.310 e. The van der Waals surface area contributed by atoms with Gasteiger partial charge in [-0.15, -0.1) is 0 Å². The number of hydrogen-bond donors (Lipinski definition) is 1. The number of anilines is 1. The van der Waals surface area contributed by atoms with E-state index in [2.05, 4.69) is 5.32 Å². The molecule has 0 bridgehead atoms. The molecule has 1 heterocycles. The Morgan fingerprint density at radius 1 is 1.28 bits per heavy atom. The fourth-order valence-corrected chi connectivity index (χ4v) is 3.01. The van der Waals surface area contributed by atoms with E-state index in [1.54, 1.807) is 31.2 Å². The molecule has 6 nitrogen and oxygen atoms in total. The lowest BCUT2D eigenvalue weighted by Gasteiger charge is -2.35. The number of carbonyl (C=O) groups is 3. The van der Waals surface area contributed by atoms with Gasteiger partial charge < -0.3 is 10.1 Å². The molecule has 1 aromatic rings. The van der Waals surface area contributed by atoms with Crippen LogP contribution in [-0.4, -0.2) is 48.3 Å². The van der Waals surface area contributed by atoms with Crippen molar-refractivity contribution in [2.24, 2.45) is 5.92 Å². The number of nitrogens with one attached hydrogen (secondary N) is 1. The lowest BCUT2D eigenvalue weighted by Crippen LogP contribution is -2.48. The Kier molecular flexibility index (Phi) is 6.70. The van der Waals surface area contributed by atoms with Gasteiger partial charge in [-0.2, -0.15) is 0 Å². The van der Waals surface area contributed by atoms with Crippen molar-refractivity contribution in [3.8, 4) is 0 Å². The topological polar surface area (TPSA) is 75.7 Å². The van der Waals surface area contributed by atoms with Gasteiger partial charge in [0, 0.05) is 17.8 Å². The molecule has 1 aliphatic heterocycles. The van der Waals surface area contributed by atoms with Crippen molar-refractivity contribution < 1.29 is 19.1 Å². The number of nitrogens with zero attached hydrogens (tertiary/aromatic N) is 1. The summed E-state index contributed by atoms with van der Waals surface area (Å²) in [7, 11) is 0. The van der Waals surface area contributed by atoms with E-state index < -0.39 is 0 Å². The van der Waals surface area contributed by atoms with Gasteiger partial charge in [-0.3, -0.25) is 19.3 Å². The maximum atomic E-state index is 12.5. The number of rotatable bonds is 6. The van der Waals surface area contributed by atoms with Gasteiger partial charge in [0.25, 0.3) is 0 Å². The van der Waals surface area contributed by atoms with Crippen molar-refractivity contribution in [3.05, 3.63) is 29.8 Å². The Balaban J connectivity index is 1.94. The fourth-order valence-electron chi connectivity index (χ4n) is 3.01. The van der Waals surface area contributed by atoms with Gasteiger partial charge in [-0.05, 0) is 64.4 Å². The molecule has 1 aromatic carbocycles. The van der Waals surface area contributed by atoms with Crippen molar-refractivity contribution in [2.45, 2.75) is 39.7 Å². The Hall–Kier alpha value is -2.21. The maximum absolute atomic E-state index is 12.5. The summed E-state index contributed by atoms with van der Waals surface area (Å²) in [5.41, 5.74) is 1.26. The molecule has 1 amide bonds. The van der Waals surface area contributed by atoms with Crippen LogP contribution in [-0.2, 0) is 14.3 Å². The molecule has 0 saturated carbocycles. The number of hydrogen-bond acceptors (Lipinski definition) is 5. The molecule has 1 aliphatic rings. The van der Waals surface area contributed by atoms with Crippen LogP contribution in [0.2, 0.25) is 0 Å². The van der Waals surface area contributed by atoms with Crippen LogP contribution in [0.3, 0.4) is 0 Å². The second-order valence-electron chi connectivity index (χ2n) is 6.38. The molecule has 0 aliphatic carbocycles. The van der Waals surface area contributed by atoms with E-state index in [1.165, 1.54) is 6.92 Å². The van der Waals surface area contributed by atoms with Crippen LogP contribution >= 0.6 is 0 Å². The summed E-state index contributed by atoms with van der Waals surface area (Å²) in [5, 5.41) is 2.87. The number of benzene rings is 1. The third kappa shape index (κ3) is 5.13. The average Bonchev–Trinajstić information content (AvgIpc) is 2.61. The zero-order valence-corrected chi connectivity index (χ0v) is 15.1. The first kappa shape index (κ1) is 19.1. The molecule has 1 fully saturated rings. The minimum Gasteiger partial charge on any atom is -0.466 e. The minimum absolute atomic E-state index is 0.00966. The molecule has 0 aromatic heterocycles. The van der Waals surface area contributed by atoms with E-state index >= 15 is 0 Å². The van der Waals surface area contributed by atoms with Crippen molar-refractivity contribution in [2.75, 3.05) is 25.0 Å². The van der Waals surface area contributed by atoms with E-state index in [4.69, 9.17) is 4.74 Å². The molecule has 6 heteroatoms. The Labute approximate surface area is 148 Å². The second-order valence-corrected chi connectivity index (χ2v) is 6.38. The number of likely N-dealkylation sites (tertiary alicyclic amines) is 1. The van der Waals surface area contributed by atoms with Crippen LogP contribution in [0, 0.1) is 5.92 Å². The Morgan fingerprint density at radius 2 is 1.96 bits per heavy atom. The van der Waals surface area contributed by atoms with Crippen LogP contribution in [0.1, 0.15) is 44.0 Å². The number of piperidine rings is 1. The molecular formula is C19H26N2O4. The highest BCUT2D eigenvalue weighted by Gasteiger charge is 2.31. The summed E-state index contributed by atoms with van der Waals surface area (Å²) in [4.78, 5) is 37.7. The largest absolute Gasteiger partial charge is 0.466 e. The van der Waals surface area contributed by atoms with Crippen LogP contribution in [0.25, 0.3) is 0 Å². The van der Waals surface area contributed by atoms with Gasteiger partial charge >= 0.3 is 5.97 Å². The van der Waals surface area contributed by atoms with Crippen LogP contribution in [0.4, 0.5) is 5.69 Å². The standard InChI is InChI=1S/C19H26N2O4/c1-4-25-19(24)16-6-5-11-21(12-16)13(2)18(23)20-17-9-7-15(8-10-17)14(3)22/h7-10,13,16H,4-6,11-12H2,1-3H3,(H,20,23). The maximum Gasteiger partial charge on any atom is 0.310 e. The van der Waals surface area contributed by atoms with Gasteiger partial charge in [0.1, 0.15) is 0 Å². The van der Waals surface area contributed by atoms with E-state index in [1.807, 2.05) is 11.8 Å². The van der Waals surface area contributed by atoms with Crippen molar-refractivity contribution in [3.63, 3.8) is 0 Å². The molecule has 1 N–H and O–H groups in total. The summed E-state index contributed by atoms with van der Waals surface area (Å²) in [5.74, 6) is -0.483. The molecule has 25 heavy (non-hydrogen) atoms. The fraction of sp³-hybridized carbons (Fsp3) is 0.526. The summed E-state index contributed by atoms with van der Waals surface area (Å²) in [6.07, 6.45) is 1.67. The molecule has 2 rings (SSSR count). The first-order valence-corrected chi connectivity index (χ1v) is 8.75. The van der Waals surface area contributed by atoms with Crippen molar-refractivity contribution in [1.29, 1.82) is 0 Å². The molecule has 1 saturated heterocycles. The van der Waals surface area contributed by atoms with Gasteiger partial charge in [-0.1, -0.05) is 0 Å². The number of ether oxygens (including phenoxy) is 1. The highest BCUT2D eigenvalue weighted by Crippen LogP contribution is 2.20. The molecule has 0 spiro atoms. The lowest BCUT2D eigenvalue weighted by atomic mass is 9.97. The second kappa shape index (κ2) is 8.76. The van der Waals surface area contributed by atoms with Crippen LogP contribution in [0.15, 0.2) is 24.3 Å². The first-order chi connectivity index (χ1) is 11.9. The first-order valence-electron chi connectivity index (χ1n) is 8.75. The normalized spacial score (nSPS) is 19.1. The molecule has 0 radical (unpaired) electrons. The van der Waals surface area contributed by atoms with E-state index in [0.717, 1.165) is 19.4 Å². The van der Waals surface area contributed by atoms with Gasteiger partial charge in [-0.25, -0.2) is 0 Å². The van der Waals surface area contributed by atoms with Gasteiger partial charge in [0.05, 0.1) is 18.6 Å². The number of carbonyl (C=O) groups excluding carboxylic acids is 3. The number of esters is 1. The average molecular weight is 346 g/mol. The predicted molar refractivity (Wildman–Crippen MR) is 95.5 cm³/mol. The van der Waals surface area contributed by atoms with Crippen LogP contribution in [0.5, 0.6) is 0 Å². The SMILES string of the molecule is CCOC(=O)C1CCCN(C(C)C(=O)Nc2ccc(C(C)=O)cc2)C1. The van der Waals surface area contributed by atoms with E-state index in [9.17, 15) is 14.4 Å². The summed E-state index contributed by atoms with van der Waals surface area (Å²) < 4.78 is 5.10. The summed E-state index contributed by atoms with van der Waals surface area (Å²) in [6.45, 7) is 6.84. The van der Waals surface area contributed by atoms with E-state index in [0.29, 0.717) is 24.4 Å². The van der Waals surface area contributed by atoms with Gasteiger partial charge in [0.2, 0.25) is 5.91 Å². The zero-order valence-electron chi connectivity index (χ0n) is 15.1. The minimum atomic E-state index is -0.343. The van der Waals surface area contributed by atoms with Crippen molar-refractivity contribution >= 4 is 23.3 Å². The lowest BCUT2D eigenvalue weighted by molar-refractivity contribution is -0.150. The summed E-state index contributed by atoms with van der Waals surface area (Å²) in [6, 6.07) is 6.49. The molecule has 2 unspecified atom stereocenters. The van der Waals surface area contributed by atoms with Gasteiger partial charge in [0.15, 0.2) is 5.78 Å². The molecule has 2 atom stereocenters. The van der Waals surface area contributed by atoms with Crippen LogP contribution < -0.4 is 5.32 Å². The van der Waals surface area contributed by atoms with Crippen molar-refractivity contribution in [1.82, 2.24) is 4.90 Å².